The van der Waals surface area contributed by atoms with E-state index < -0.39 is 0 Å². The van der Waals surface area contributed by atoms with E-state index in [1.807, 2.05) is 0 Å². The second kappa shape index (κ2) is 6.17. The molecular formula is C18H27IN2. The molecule has 1 heterocycles. The van der Waals surface area contributed by atoms with Crippen molar-refractivity contribution in [2.45, 2.75) is 63.6 Å². The van der Waals surface area contributed by atoms with Crippen molar-refractivity contribution >= 4 is 22.6 Å². The van der Waals surface area contributed by atoms with Gasteiger partial charge in [0.2, 0.25) is 0 Å². The fourth-order valence-corrected chi connectivity index (χ4v) is 4.29. The summed E-state index contributed by atoms with van der Waals surface area (Å²) >= 11 is 2.39. The lowest BCUT2D eigenvalue weighted by Crippen LogP contribution is -2.67. The van der Waals surface area contributed by atoms with Crippen LogP contribution in [0.5, 0.6) is 0 Å². The van der Waals surface area contributed by atoms with Gasteiger partial charge in [0, 0.05) is 34.3 Å². The number of nitrogens with one attached hydrogen (secondary N) is 1. The Morgan fingerprint density at radius 3 is 2.48 bits per heavy atom. The van der Waals surface area contributed by atoms with Crippen molar-refractivity contribution in [1.29, 1.82) is 0 Å². The first-order valence-electron chi connectivity index (χ1n) is 8.30. The van der Waals surface area contributed by atoms with Gasteiger partial charge in [0.15, 0.2) is 0 Å². The van der Waals surface area contributed by atoms with Gasteiger partial charge in [-0.05, 0) is 66.5 Å². The Morgan fingerprint density at radius 2 is 1.86 bits per heavy atom. The maximum atomic E-state index is 3.86. The van der Waals surface area contributed by atoms with Gasteiger partial charge in [0.05, 0.1) is 0 Å². The lowest BCUT2D eigenvalue weighted by atomic mass is 9.84. The van der Waals surface area contributed by atoms with E-state index in [9.17, 15) is 0 Å². The minimum atomic E-state index is 0.275. The molecule has 1 atom stereocenters. The molecule has 116 valence electrons. The molecule has 21 heavy (non-hydrogen) atoms. The molecule has 2 aliphatic rings. The highest BCUT2D eigenvalue weighted by Gasteiger charge is 2.46. The fraction of sp³-hybridized carbons (Fsp3) is 0.667. The molecule has 0 aromatic heterocycles. The number of rotatable bonds is 3. The number of halogens is 1. The van der Waals surface area contributed by atoms with Crippen LogP contribution in [0.15, 0.2) is 24.3 Å². The van der Waals surface area contributed by atoms with E-state index in [4.69, 9.17) is 0 Å². The molecule has 3 heteroatoms. The zero-order chi connectivity index (χ0) is 14.9. The van der Waals surface area contributed by atoms with Gasteiger partial charge in [-0.1, -0.05) is 31.9 Å². The molecule has 1 aliphatic heterocycles. The van der Waals surface area contributed by atoms with E-state index in [1.54, 1.807) is 0 Å². The Hall–Kier alpha value is -0.130. The highest BCUT2D eigenvalue weighted by molar-refractivity contribution is 14.1. The summed E-state index contributed by atoms with van der Waals surface area (Å²) in [5.41, 5.74) is 2.15. The van der Waals surface area contributed by atoms with Crippen LogP contribution in [0.3, 0.4) is 0 Å². The third kappa shape index (κ3) is 3.30. The molecule has 1 aromatic rings. The van der Waals surface area contributed by atoms with Gasteiger partial charge in [0.25, 0.3) is 0 Å². The van der Waals surface area contributed by atoms with Gasteiger partial charge in [0.1, 0.15) is 0 Å². The van der Waals surface area contributed by atoms with Crippen molar-refractivity contribution in [3.63, 3.8) is 0 Å². The maximum Gasteiger partial charge on any atom is 0.0338 e. The molecule has 1 aromatic carbocycles. The largest absolute Gasteiger partial charge is 0.308 e. The smallest absolute Gasteiger partial charge is 0.0338 e. The highest BCUT2D eigenvalue weighted by atomic mass is 127. The van der Waals surface area contributed by atoms with Crippen LogP contribution in [0.1, 0.15) is 51.5 Å². The number of benzene rings is 1. The summed E-state index contributed by atoms with van der Waals surface area (Å²) in [6.45, 7) is 8.14. The van der Waals surface area contributed by atoms with E-state index in [2.05, 4.69) is 70.9 Å². The summed E-state index contributed by atoms with van der Waals surface area (Å²) in [6, 6.07) is 9.07. The second-order valence-electron chi connectivity index (χ2n) is 7.18. The van der Waals surface area contributed by atoms with E-state index >= 15 is 0 Å². The lowest BCUT2D eigenvalue weighted by molar-refractivity contribution is 0.00532. The third-order valence-electron chi connectivity index (χ3n) is 5.66. The molecule has 1 saturated carbocycles. The van der Waals surface area contributed by atoms with Crippen LogP contribution in [0.4, 0.5) is 0 Å². The normalized spacial score (nSPS) is 29.1. The maximum absolute atomic E-state index is 3.86. The average Bonchev–Trinajstić information content (AvgIpc) is 2.96. The topological polar surface area (TPSA) is 15.3 Å². The van der Waals surface area contributed by atoms with Crippen molar-refractivity contribution < 1.29 is 0 Å². The zero-order valence-electron chi connectivity index (χ0n) is 13.3. The first-order chi connectivity index (χ1) is 10.1. The molecule has 0 bridgehead atoms. The molecule has 0 radical (unpaired) electrons. The SMILES string of the molecule is CCC1(C)CN(Cc2ccc(I)cc2)C2(CCCC2)CN1. The molecular weight excluding hydrogens is 371 g/mol. The van der Waals surface area contributed by atoms with Crippen molar-refractivity contribution in [1.82, 2.24) is 10.2 Å². The third-order valence-corrected chi connectivity index (χ3v) is 6.38. The summed E-state index contributed by atoms with van der Waals surface area (Å²) in [6.07, 6.45) is 6.72. The van der Waals surface area contributed by atoms with Crippen LogP contribution in [-0.4, -0.2) is 29.1 Å². The number of piperazine rings is 1. The number of hydrogen-bond acceptors (Lipinski definition) is 2. The van der Waals surface area contributed by atoms with Gasteiger partial charge in [-0.15, -0.1) is 0 Å². The summed E-state index contributed by atoms with van der Waals surface area (Å²) in [7, 11) is 0. The van der Waals surface area contributed by atoms with Crippen molar-refractivity contribution in [3.8, 4) is 0 Å². The summed E-state index contributed by atoms with van der Waals surface area (Å²) in [5, 5.41) is 3.86. The number of nitrogens with zero attached hydrogens (tertiary/aromatic N) is 1. The predicted octanol–water partition coefficient (Wildman–Crippen LogP) is 4.18. The molecule has 1 aliphatic carbocycles. The number of hydrogen-bond donors (Lipinski definition) is 1. The summed E-state index contributed by atoms with van der Waals surface area (Å²) in [5.74, 6) is 0. The zero-order valence-corrected chi connectivity index (χ0v) is 15.4. The van der Waals surface area contributed by atoms with Crippen LogP contribution < -0.4 is 5.32 Å². The van der Waals surface area contributed by atoms with Crippen LogP contribution in [0, 0.1) is 3.57 Å². The molecule has 1 N–H and O–H groups in total. The van der Waals surface area contributed by atoms with Crippen molar-refractivity contribution in [2.75, 3.05) is 13.1 Å². The molecule has 1 unspecified atom stereocenters. The molecule has 1 saturated heterocycles. The van der Waals surface area contributed by atoms with Crippen molar-refractivity contribution in [2.24, 2.45) is 0 Å². The lowest BCUT2D eigenvalue weighted by Gasteiger charge is -2.52. The van der Waals surface area contributed by atoms with Gasteiger partial charge in [-0.2, -0.15) is 0 Å². The fourth-order valence-electron chi connectivity index (χ4n) is 3.93. The van der Waals surface area contributed by atoms with Crippen molar-refractivity contribution in [3.05, 3.63) is 33.4 Å². The minimum Gasteiger partial charge on any atom is -0.308 e. The van der Waals surface area contributed by atoms with E-state index in [0.29, 0.717) is 5.54 Å². The molecule has 3 rings (SSSR count). The molecule has 2 fully saturated rings. The Balaban J connectivity index is 1.81. The van der Waals surface area contributed by atoms with E-state index in [1.165, 1.54) is 54.3 Å². The van der Waals surface area contributed by atoms with Gasteiger partial charge in [-0.25, -0.2) is 0 Å². The molecule has 1 spiro atoms. The Labute approximate surface area is 142 Å². The summed E-state index contributed by atoms with van der Waals surface area (Å²) < 4.78 is 1.32. The summed E-state index contributed by atoms with van der Waals surface area (Å²) in [4.78, 5) is 2.79. The van der Waals surface area contributed by atoms with Crippen LogP contribution >= 0.6 is 22.6 Å². The minimum absolute atomic E-state index is 0.275. The van der Waals surface area contributed by atoms with Gasteiger partial charge in [-0.3, -0.25) is 4.90 Å². The Morgan fingerprint density at radius 1 is 1.19 bits per heavy atom. The van der Waals surface area contributed by atoms with E-state index in [0.717, 1.165) is 6.54 Å². The highest BCUT2D eigenvalue weighted by Crippen LogP contribution is 2.39. The molecule has 0 amide bonds. The Bertz CT molecular complexity index is 478. The Kier molecular flexibility index (Phi) is 4.63. The van der Waals surface area contributed by atoms with Crippen LogP contribution in [-0.2, 0) is 6.54 Å². The van der Waals surface area contributed by atoms with E-state index in [-0.39, 0.29) is 5.54 Å². The van der Waals surface area contributed by atoms with Crippen LogP contribution in [0.25, 0.3) is 0 Å². The first-order valence-corrected chi connectivity index (χ1v) is 9.38. The van der Waals surface area contributed by atoms with Crippen LogP contribution in [0.2, 0.25) is 0 Å². The second-order valence-corrected chi connectivity index (χ2v) is 8.43. The van der Waals surface area contributed by atoms with Gasteiger partial charge < -0.3 is 5.32 Å². The first kappa shape index (κ1) is 15.8. The quantitative estimate of drug-likeness (QED) is 0.769. The monoisotopic (exact) mass is 398 g/mol. The standard InChI is InChI=1S/C18H27IN2/c1-3-17(2)14-21(12-15-6-8-16(19)9-7-15)18(13-20-17)10-4-5-11-18/h6-9,20H,3-5,10-14H2,1-2H3. The molecule has 2 nitrogen and oxygen atoms in total. The predicted molar refractivity (Wildman–Crippen MR) is 97.5 cm³/mol. The average molecular weight is 398 g/mol. The van der Waals surface area contributed by atoms with Gasteiger partial charge >= 0.3 is 0 Å².